The average Bonchev–Trinajstić information content (AvgIpc) is 2.55. The third-order valence-electron chi connectivity index (χ3n) is 4.46. The van der Waals surface area contributed by atoms with Crippen LogP contribution in [-0.2, 0) is 6.54 Å². The molecule has 128 valence electrons. The number of nitrogens with zero attached hydrogens (tertiary/aromatic N) is 2. The Bertz CT molecular complexity index is 672. The minimum Gasteiger partial charge on any atom is -0.362 e. The third kappa shape index (κ3) is 3.95. The second-order valence-corrected chi connectivity index (χ2v) is 6.16. The number of piperidine rings is 1. The van der Waals surface area contributed by atoms with Gasteiger partial charge in [0.05, 0.1) is 11.7 Å². The third-order valence-corrected chi connectivity index (χ3v) is 4.46. The fraction of sp³-hybridized carbons (Fsp3) is 0.350. The van der Waals surface area contributed by atoms with E-state index in [0.717, 1.165) is 47.9 Å². The van der Waals surface area contributed by atoms with Gasteiger partial charge in [0.25, 0.3) is 0 Å². The first-order valence-electron chi connectivity index (χ1n) is 8.28. The van der Waals surface area contributed by atoms with E-state index < -0.39 is 0 Å². The van der Waals surface area contributed by atoms with Crippen LogP contribution >= 0.6 is 0 Å². The van der Waals surface area contributed by atoms with E-state index in [9.17, 15) is 0 Å². The van der Waals surface area contributed by atoms with E-state index in [4.69, 9.17) is 4.99 Å². The van der Waals surface area contributed by atoms with Crippen molar-refractivity contribution in [3.05, 3.63) is 60.5 Å². The predicted octanol–water partition coefficient (Wildman–Crippen LogP) is 3.81. The Balaban J connectivity index is 2.27. The molecule has 0 saturated carbocycles. The average molecular weight is 324 g/mol. The van der Waals surface area contributed by atoms with Crippen LogP contribution in [0.4, 0.5) is 5.69 Å². The van der Waals surface area contributed by atoms with Gasteiger partial charge in [-0.2, -0.15) is 0 Å². The molecular weight excluding hydrogens is 296 g/mol. The molecule has 4 heteroatoms. The lowest BCUT2D eigenvalue weighted by Crippen LogP contribution is -2.43. The largest absolute Gasteiger partial charge is 0.362 e. The van der Waals surface area contributed by atoms with Crippen LogP contribution in [0.5, 0.6) is 0 Å². The minimum absolute atomic E-state index is 0.229. The molecule has 0 spiro atoms. The molecule has 1 atom stereocenters. The highest BCUT2D eigenvalue weighted by Crippen LogP contribution is 2.26. The van der Waals surface area contributed by atoms with Crippen molar-refractivity contribution in [3.8, 4) is 0 Å². The molecule has 0 amide bonds. The zero-order valence-corrected chi connectivity index (χ0v) is 15.0. The Morgan fingerprint density at radius 2 is 2.21 bits per heavy atom. The highest BCUT2D eigenvalue weighted by atomic mass is 15.2. The number of likely N-dealkylation sites (N-methyl/N-ethyl adjacent to an activating group) is 1. The Hall–Kier alpha value is -2.33. The van der Waals surface area contributed by atoms with Crippen molar-refractivity contribution in [2.75, 3.05) is 14.1 Å². The molecule has 24 heavy (non-hydrogen) atoms. The highest BCUT2D eigenvalue weighted by molar-refractivity contribution is 5.84. The first-order chi connectivity index (χ1) is 11.5. The van der Waals surface area contributed by atoms with Gasteiger partial charge in [-0.1, -0.05) is 37.9 Å². The SMILES string of the molecule is C=Cc1c(CNC)cccc1/N=C(/C)N(C)C1CCC(=C)NC1=C. The topological polar surface area (TPSA) is 39.7 Å². The van der Waals surface area contributed by atoms with Crippen LogP contribution < -0.4 is 10.6 Å². The molecule has 0 aromatic heterocycles. The van der Waals surface area contributed by atoms with E-state index >= 15 is 0 Å². The summed E-state index contributed by atoms with van der Waals surface area (Å²) in [5.41, 5.74) is 5.24. The molecule has 0 bridgehead atoms. The Labute approximate surface area is 145 Å². The molecule has 1 fully saturated rings. The van der Waals surface area contributed by atoms with E-state index in [-0.39, 0.29) is 6.04 Å². The maximum atomic E-state index is 4.85. The van der Waals surface area contributed by atoms with Crippen LogP contribution in [0, 0.1) is 0 Å². The summed E-state index contributed by atoms with van der Waals surface area (Å²) in [5, 5.41) is 6.46. The van der Waals surface area contributed by atoms with Gasteiger partial charge in [0.2, 0.25) is 0 Å². The first kappa shape index (κ1) is 18.0. The van der Waals surface area contributed by atoms with Crippen molar-refractivity contribution >= 4 is 17.6 Å². The van der Waals surface area contributed by atoms with Crippen molar-refractivity contribution in [1.82, 2.24) is 15.5 Å². The molecule has 2 rings (SSSR count). The van der Waals surface area contributed by atoms with Crippen LogP contribution in [0.3, 0.4) is 0 Å². The summed E-state index contributed by atoms with van der Waals surface area (Å²) in [6.07, 6.45) is 3.84. The fourth-order valence-electron chi connectivity index (χ4n) is 3.04. The van der Waals surface area contributed by atoms with E-state index in [0.29, 0.717) is 0 Å². The molecular formula is C20H28N4. The van der Waals surface area contributed by atoms with Crippen LogP contribution in [0.15, 0.2) is 54.3 Å². The Morgan fingerprint density at radius 1 is 1.46 bits per heavy atom. The van der Waals surface area contributed by atoms with Gasteiger partial charge in [-0.05, 0) is 38.4 Å². The quantitative estimate of drug-likeness (QED) is 0.639. The predicted molar refractivity (Wildman–Crippen MR) is 104 cm³/mol. The van der Waals surface area contributed by atoms with E-state index in [1.165, 1.54) is 5.56 Å². The van der Waals surface area contributed by atoms with Gasteiger partial charge in [-0.3, -0.25) is 0 Å². The monoisotopic (exact) mass is 324 g/mol. The van der Waals surface area contributed by atoms with Crippen molar-refractivity contribution in [2.45, 2.75) is 32.4 Å². The Kier molecular flexibility index (Phi) is 5.99. The van der Waals surface area contributed by atoms with E-state index in [2.05, 4.69) is 48.4 Å². The number of nitrogens with one attached hydrogen (secondary N) is 2. The first-order valence-corrected chi connectivity index (χ1v) is 8.28. The van der Waals surface area contributed by atoms with Crippen LogP contribution in [0.1, 0.15) is 30.9 Å². The number of benzene rings is 1. The number of amidine groups is 1. The molecule has 1 aliphatic heterocycles. The number of hydrogen-bond acceptors (Lipinski definition) is 3. The normalized spacial score (nSPS) is 18.3. The standard InChI is InChI=1S/C20H28N4/c1-7-18-17(13-21-5)9-8-10-19(18)23-16(4)24(6)20-12-11-14(2)22-15(20)3/h7-10,20-22H,1-3,11-13H2,4-6H3/b23-16-. The van der Waals surface area contributed by atoms with Gasteiger partial charge in [0.1, 0.15) is 5.84 Å². The molecule has 1 aromatic carbocycles. The molecule has 1 aromatic rings. The maximum Gasteiger partial charge on any atom is 0.102 e. The lowest BCUT2D eigenvalue weighted by atomic mass is 10.0. The fourth-order valence-corrected chi connectivity index (χ4v) is 3.04. The van der Waals surface area contributed by atoms with Crippen molar-refractivity contribution in [2.24, 2.45) is 4.99 Å². The number of aliphatic imine (C=N–C) groups is 1. The zero-order valence-electron chi connectivity index (χ0n) is 15.0. The van der Waals surface area contributed by atoms with Gasteiger partial charge >= 0.3 is 0 Å². The lowest BCUT2D eigenvalue weighted by molar-refractivity contribution is 0.355. The number of allylic oxidation sites excluding steroid dienone is 1. The summed E-state index contributed by atoms with van der Waals surface area (Å²) in [6, 6.07) is 6.40. The second-order valence-electron chi connectivity index (χ2n) is 6.16. The van der Waals surface area contributed by atoms with Crippen LogP contribution in [0.25, 0.3) is 6.08 Å². The summed E-state index contributed by atoms with van der Waals surface area (Å²) in [7, 11) is 4.01. The van der Waals surface area contributed by atoms with Crippen LogP contribution in [-0.4, -0.2) is 30.9 Å². The zero-order chi connectivity index (χ0) is 17.7. The molecule has 2 N–H and O–H groups in total. The second kappa shape index (κ2) is 7.97. The van der Waals surface area contributed by atoms with Gasteiger partial charge < -0.3 is 15.5 Å². The molecule has 0 aliphatic carbocycles. The van der Waals surface area contributed by atoms with Gasteiger partial charge in [0, 0.05) is 30.5 Å². The van der Waals surface area contributed by atoms with Gasteiger partial charge in [0.15, 0.2) is 0 Å². The molecule has 0 radical (unpaired) electrons. The van der Waals surface area contributed by atoms with Crippen LogP contribution in [0.2, 0.25) is 0 Å². The number of rotatable bonds is 5. The van der Waals surface area contributed by atoms with Crippen molar-refractivity contribution in [3.63, 3.8) is 0 Å². The van der Waals surface area contributed by atoms with Gasteiger partial charge in [-0.15, -0.1) is 0 Å². The Morgan fingerprint density at radius 3 is 2.83 bits per heavy atom. The summed E-state index contributed by atoms with van der Waals surface area (Å²) < 4.78 is 0. The highest BCUT2D eigenvalue weighted by Gasteiger charge is 2.23. The summed E-state index contributed by atoms with van der Waals surface area (Å²) >= 11 is 0. The molecule has 1 aliphatic rings. The summed E-state index contributed by atoms with van der Waals surface area (Å²) in [4.78, 5) is 7.03. The smallest absolute Gasteiger partial charge is 0.102 e. The van der Waals surface area contributed by atoms with E-state index in [1.54, 1.807) is 0 Å². The molecule has 1 saturated heterocycles. The number of hydrogen-bond donors (Lipinski definition) is 2. The summed E-state index contributed by atoms with van der Waals surface area (Å²) in [5.74, 6) is 0.958. The minimum atomic E-state index is 0.229. The molecule has 1 unspecified atom stereocenters. The summed E-state index contributed by atoms with van der Waals surface area (Å²) in [6.45, 7) is 14.9. The lowest BCUT2D eigenvalue weighted by Gasteiger charge is -2.35. The van der Waals surface area contributed by atoms with Crippen molar-refractivity contribution < 1.29 is 0 Å². The molecule has 1 heterocycles. The molecule has 4 nitrogen and oxygen atoms in total. The maximum absolute atomic E-state index is 4.85. The van der Waals surface area contributed by atoms with Gasteiger partial charge in [-0.25, -0.2) is 4.99 Å². The van der Waals surface area contributed by atoms with E-state index in [1.807, 2.05) is 32.2 Å². The van der Waals surface area contributed by atoms with Crippen molar-refractivity contribution in [1.29, 1.82) is 0 Å².